The Kier molecular flexibility index (Phi) is 2.29. The Morgan fingerprint density at radius 2 is 2.21 bits per heavy atom. The number of rotatable bonds is 2. The lowest BCUT2D eigenvalue weighted by atomic mass is 9.92. The molecule has 1 aromatic rings. The highest BCUT2D eigenvalue weighted by Gasteiger charge is 2.26. The van der Waals surface area contributed by atoms with Crippen LogP contribution in [0, 0.1) is 5.82 Å². The van der Waals surface area contributed by atoms with Gasteiger partial charge in [-0.05, 0) is 12.1 Å². The molecule has 0 aliphatic carbocycles. The van der Waals surface area contributed by atoms with Crippen molar-refractivity contribution in [2.45, 2.75) is 5.92 Å². The number of halogens is 1. The van der Waals surface area contributed by atoms with Gasteiger partial charge >= 0.3 is 0 Å². The first kappa shape index (κ1) is 9.27. The molecule has 0 aromatic heterocycles. The van der Waals surface area contributed by atoms with Gasteiger partial charge in [-0.25, -0.2) is 4.39 Å². The monoisotopic (exact) mass is 197 g/mol. The second-order valence-corrected chi connectivity index (χ2v) is 3.37. The smallest absolute Gasteiger partial charge is 0.164 e. The van der Waals surface area contributed by atoms with Crippen LogP contribution in [0.1, 0.15) is 11.5 Å². The molecule has 0 radical (unpaired) electrons. The zero-order chi connectivity index (χ0) is 10.1. The Hall–Kier alpha value is -1.29. The predicted octanol–water partition coefficient (Wildman–Crippen LogP) is 1.23. The summed E-state index contributed by atoms with van der Waals surface area (Å²) >= 11 is 0. The number of benzene rings is 1. The van der Waals surface area contributed by atoms with Gasteiger partial charge in [0.25, 0.3) is 0 Å². The van der Waals surface area contributed by atoms with Crippen molar-refractivity contribution in [2.24, 2.45) is 0 Å². The van der Waals surface area contributed by atoms with Gasteiger partial charge in [0.2, 0.25) is 0 Å². The maximum atomic E-state index is 13.4. The number of ether oxygens (including phenoxy) is 1. The van der Waals surface area contributed by atoms with E-state index in [4.69, 9.17) is 4.74 Å². The molecule has 1 aliphatic rings. The van der Waals surface area contributed by atoms with Gasteiger partial charge < -0.3 is 15.2 Å². The molecule has 2 N–H and O–H groups in total. The standard InChI is InChI=1S/C10H12FNO2/c1-14-8-3-2-7(11)9(10(8)13)6-4-12-5-6/h2-3,6,12-13H,4-5H2,1H3. The normalized spacial score (nSPS) is 16.4. The topological polar surface area (TPSA) is 41.5 Å². The van der Waals surface area contributed by atoms with Crippen molar-refractivity contribution in [3.8, 4) is 11.5 Å². The molecule has 14 heavy (non-hydrogen) atoms. The summed E-state index contributed by atoms with van der Waals surface area (Å²) in [4.78, 5) is 0. The number of aromatic hydroxyl groups is 1. The fourth-order valence-corrected chi connectivity index (χ4v) is 1.61. The van der Waals surface area contributed by atoms with E-state index in [9.17, 15) is 9.50 Å². The van der Waals surface area contributed by atoms with E-state index in [0.29, 0.717) is 24.4 Å². The molecule has 1 aromatic carbocycles. The molecule has 0 unspecified atom stereocenters. The maximum absolute atomic E-state index is 13.4. The van der Waals surface area contributed by atoms with E-state index in [0.717, 1.165) is 0 Å². The zero-order valence-corrected chi connectivity index (χ0v) is 7.88. The van der Waals surface area contributed by atoms with Crippen molar-refractivity contribution in [2.75, 3.05) is 20.2 Å². The van der Waals surface area contributed by atoms with Crippen LogP contribution < -0.4 is 10.1 Å². The summed E-state index contributed by atoms with van der Waals surface area (Å²) in [7, 11) is 1.45. The van der Waals surface area contributed by atoms with E-state index in [1.54, 1.807) is 0 Å². The van der Waals surface area contributed by atoms with Crippen LogP contribution in [-0.2, 0) is 0 Å². The molecular formula is C10H12FNO2. The van der Waals surface area contributed by atoms with E-state index in [1.807, 2.05) is 0 Å². The third kappa shape index (κ3) is 1.32. The minimum atomic E-state index is -0.366. The van der Waals surface area contributed by atoms with Gasteiger partial charge in [-0.2, -0.15) is 0 Å². The summed E-state index contributed by atoms with van der Waals surface area (Å²) < 4.78 is 18.3. The SMILES string of the molecule is COc1ccc(F)c(C2CNC2)c1O. The summed E-state index contributed by atoms with van der Waals surface area (Å²) in [6.45, 7) is 1.41. The summed E-state index contributed by atoms with van der Waals surface area (Å²) in [6, 6.07) is 2.76. The van der Waals surface area contributed by atoms with E-state index >= 15 is 0 Å². The van der Waals surface area contributed by atoms with Crippen LogP contribution in [0.15, 0.2) is 12.1 Å². The first-order chi connectivity index (χ1) is 6.74. The summed E-state index contributed by atoms with van der Waals surface area (Å²) in [6.07, 6.45) is 0. The number of phenols is 1. The van der Waals surface area contributed by atoms with Gasteiger partial charge in [-0.15, -0.1) is 0 Å². The van der Waals surface area contributed by atoms with Crippen molar-refractivity contribution in [1.29, 1.82) is 0 Å². The predicted molar refractivity (Wildman–Crippen MR) is 50.2 cm³/mol. The maximum Gasteiger partial charge on any atom is 0.164 e. The molecular weight excluding hydrogens is 185 g/mol. The van der Waals surface area contributed by atoms with Crippen molar-refractivity contribution >= 4 is 0 Å². The number of nitrogens with one attached hydrogen (secondary N) is 1. The third-order valence-electron chi connectivity index (χ3n) is 2.54. The van der Waals surface area contributed by atoms with Crippen molar-refractivity contribution in [3.63, 3.8) is 0 Å². The minimum Gasteiger partial charge on any atom is -0.504 e. The lowest BCUT2D eigenvalue weighted by Crippen LogP contribution is -2.40. The number of phenolic OH excluding ortho intramolecular Hbond substituents is 1. The van der Waals surface area contributed by atoms with E-state index in [-0.39, 0.29) is 17.5 Å². The molecule has 1 fully saturated rings. The number of hydrogen-bond donors (Lipinski definition) is 2. The van der Waals surface area contributed by atoms with Crippen LogP contribution in [0.2, 0.25) is 0 Å². The molecule has 1 aliphatic heterocycles. The van der Waals surface area contributed by atoms with Crippen LogP contribution in [0.3, 0.4) is 0 Å². The second-order valence-electron chi connectivity index (χ2n) is 3.37. The van der Waals surface area contributed by atoms with E-state index < -0.39 is 0 Å². The quantitative estimate of drug-likeness (QED) is 0.749. The third-order valence-corrected chi connectivity index (χ3v) is 2.54. The first-order valence-corrected chi connectivity index (χ1v) is 4.50. The highest BCUT2D eigenvalue weighted by Crippen LogP contribution is 2.37. The molecule has 3 nitrogen and oxygen atoms in total. The van der Waals surface area contributed by atoms with Gasteiger partial charge in [0.15, 0.2) is 11.5 Å². The van der Waals surface area contributed by atoms with Crippen LogP contribution in [0.25, 0.3) is 0 Å². The minimum absolute atomic E-state index is 0.0603. The summed E-state index contributed by atoms with van der Waals surface area (Å²) in [5.74, 6) is -0.0489. The Bertz CT molecular complexity index is 350. The molecule has 0 spiro atoms. The van der Waals surface area contributed by atoms with Gasteiger partial charge in [-0.1, -0.05) is 0 Å². The zero-order valence-electron chi connectivity index (χ0n) is 7.88. The molecule has 76 valence electrons. The van der Waals surface area contributed by atoms with Crippen molar-refractivity contribution < 1.29 is 14.2 Å². The van der Waals surface area contributed by atoms with Gasteiger partial charge in [0.05, 0.1) is 7.11 Å². The fourth-order valence-electron chi connectivity index (χ4n) is 1.61. The number of hydrogen-bond acceptors (Lipinski definition) is 3. The highest BCUT2D eigenvalue weighted by atomic mass is 19.1. The molecule has 2 rings (SSSR count). The lowest BCUT2D eigenvalue weighted by molar-refractivity contribution is 0.352. The molecule has 0 atom stereocenters. The van der Waals surface area contributed by atoms with Crippen LogP contribution in [-0.4, -0.2) is 25.3 Å². The van der Waals surface area contributed by atoms with E-state index in [2.05, 4.69) is 5.32 Å². The molecule has 1 saturated heterocycles. The molecule has 0 saturated carbocycles. The number of methoxy groups -OCH3 is 1. The van der Waals surface area contributed by atoms with E-state index in [1.165, 1.54) is 19.2 Å². The Morgan fingerprint density at radius 3 is 2.71 bits per heavy atom. The molecule has 0 amide bonds. The van der Waals surface area contributed by atoms with Gasteiger partial charge in [0.1, 0.15) is 5.82 Å². The largest absolute Gasteiger partial charge is 0.504 e. The second kappa shape index (κ2) is 3.46. The van der Waals surface area contributed by atoms with Crippen molar-refractivity contribution in [3.05, 3.63) is 23.5 Å². The Labute approximate surface area is 81.5 Å². The molecule has 1 heterocycles. The lowest BCUT2D eigenvalue weighted by Gasteiger charge is -2.28. The first-order valence-electron chi connectivity index (χ1n) is 4.50. The average molecular weight is 197 g/mol. The highest BCUT2D eigenvalue weighted by molar-refractivity contribution is 5.48. The summed E-state index contributed by atoms with van der Waals surface area (Å²) in [5, 5.41) is 12.7. The van der Waals surface area contributed by atoms with Gasteiger partial charge in [-0.3, -0.25) is 0 Å². The van der Waals surface area contributed by atoms with Crippen LogP contribution in [0.4, 0.5) is 4.39 Å². The van der Waals surface area contributed by atoms with Crippen LogP contribution in [0.5, 0.6) is 11.5 Å². The molecule has 4 heteroatoms. The van der Waals surface area contributed by atoms with Crippen molar-refractivity contribution in [1.82, 2.24) is 5.32 Å². The summed E-state index contributed by atoms with van der Waals surface area (Å²) in [5.41, 5.74) is 0.364. The Morgan fingerprint density at radius 1 is 1.50 bits per heavy atom. The fraction of sp³-hybridized carbons (Fsp3) is 0.400. The average Bonchev–Trinajstić information content (AvgIpc) is 2.09. The van der Waals surface area contributed by atoms with Gasteiger partial charge in [0, 0.05) is 24.6 Å². The van der Waals surface area contributed by atoms with Crippen LogP contribution >= 0.6 is 0 Å². The Balaban J connectivity index is 2.44. The molecule has 0 bridgehead atoms.